The normalized spacial score (nSPS) is 19.9. The van der Waals surface area contributed by atoms with Crippen LogP contribution in [0.3, 0.4) is 0 Å². The highest BCUT2D eigenvalue weighted by Crippen LogP contribution is 2.22. The Balaban J connectivity index is 1.39. The summed E-state index contributed by atoms with van der Waals surface area (Å²) in [7, 11) is 0. The molecule has 0 amide bonds. The lowest BCUT2D eigenvalue weighted by Gasteiger charge is -2.28. The Labute approximate surface area is 159 Å². The average Bonchev–Trinajstić information content (AvgIpc) is 3.17. The summed E-state index contributed by atoms with van der Waals surface area (Å²) >= 11 is 0. The Morgan fingerprint density at radius 1 is 1.11 bits per heavy atom. The molecule has 2 aliphatic rings. The van der Waals surface area contributed by atoms with Crippen LogP contribution >= 0.6 is 0 Å². The first-order chi connectivity index (χ1) is 13.0. The fourth-order valence-electron chi connectivity index (χ4n) is 4.00. The number of rotatable bonds is 9. The van der Waals surface area contributed by atoms with Crippen molar-refractivity contribution >= 4 is 5.82 Å². The van der Waals surface area contributed by atoms with Crippen molar-refractivity contribution in [3.05, 3.63) is 23.4 Å². The van der Waals surface area contributed by atoms with Crippen LogP contribution in [-0.2, 0) is 12.8 Å². The lowest BCUT2D eigenvalue weighted by molar-refractivity contribution is -0.139. The molecule has 1 aromatic heterocycles. The molecule has 0 aliphatic carbocycles. The van der Waals surface area contributed by atoms with Crippen molar-refractivity contribution in [2.24, 2.45) is 0 Å². The number of nitrogens with zero attached hydrogens (tertiary/aromatic N) is 2. The Morgan fingerprint density at radius 2 is 2.00 bits per heavy atom. The summed E-state index contributed by atoms with van der Waals surface area (Å²) in [4.78, 5) is 6.75. The van der Waals surface area contributed by atoms with Gasteiger partial charge in [-0.1, -0.05) is 12.5 Å². The van der Waals surface area contributed by atoms with Gasteiger partial charge in [0.1, 0.15) is 5.82 Å². The number of aryl methyl sites for hydroxylation is 2. The molecule has 0 saturated carbocycles. The number of hydrogen-bond acceptors (Lipinski definition) is 4. The quantitative estimate of drug-likeness (QED) is 0.636. The predicted molar refractivity (Wildman–Crippen MR) is 102 cm³/mol. The second kappa shape index (κ2) is 9.73. The summed E-state index contributed by atoms with van der Waals surface area (Å²) in [6.45, 7) is 3.58. The van der Waals surface area contributed by atoms with Gasteiger partial charge in [-0.2, -0.15) is 13.2 Å². The lowest BCUT2D eigenvalue weighted by atomic mass is 10.1. The summed E-state index contributed by atoms with van der Waals surface area (Å²) in [5.41, 5.74) is 2.41. The summed E-state index contributed by atoms with van der Waals surface area (Å²) < 4.78 is 37.8. The molecule has 2 aliphatic heterocycles. The molecule has 0 spiro atoms. The number of pyridine rings is 1. The number of halogens is 3. The van der Waals surface area contributed by atoms with Gasteiger partial charge in [-0.3, -0.25) is 4.90 Å². The van der Waals surface area contributed by atoms with Gasteiger partial charge in [0.05, 0.1) is 6.42 Å². The van der Waals surface area contributed by atoms with Gasteiger partial charge in [-0.05, 0) is 63.2 Å². The topological polar surface area (TPSA) is 40.2 Å². The van der Waals surface area contributed by atoms with Gasteiger partial charge in [0, 0.05) is 31.4 Å². The molecule has 0 radical (unpaired) electrons. The van der Waals surface area contributed by atoms with E-state index in [0.29, 0.717) is 0 Å². The van der Waals surface area contributed by atoms with Crippen molar-refractivity contribution in [1.29, 1.82) is 0 Å². The van der Waals surface area contributed by atoms with E-state index in [9.17, 15) is 13.2 Å². The van der Waals surface area contributed by atoms with Gasteiger partial charge in [-0.15, -0.1) is 0 Å². The number of aromatic nitrogens is 1. The van der Waals surface area contributed by atoms with Crippen LogP contribution < -0.4 is 10.6 Å². The van der Waals surface area contributed by atoms with Crippen LogP contribution in [0.5, 0.6) is 0 Å². The third-order valence-corrected chi connectivity index (χ3v) is 5.56. The van der Waals surface area contributed by atoms with Crippen LogP contribution in [0, 0.1) is 0 Å². The van der Waals surface area contributed by atoms with Crippen molar-refractivity contribution in [1.82, 2.24) is 15.2 Å². The van der Waals surface area contributed by atoms with E-state index in [1.54, 1.807) is 0 Å². The van der Waals surface area contributed by atoms with E-state index in [1.165, 1.54) is 5.56 Å². The molecule has 0 aromatic carbocycles. The Hall–Kier alpha value is -1.34. The minimum Gasteiger partial charge on any atom is -0.370 e. The fourth-order valence-corrected chi connectivity index (χ4v) is 4.00. The first-order valence-corrected chi connectivity index (χ1v) is 10.3. The summed E-state index contributed by atoms with van der Waals surface area (Å²) in [6, 6.07) is 4.54. The molecule has 1 saturated heterocycles. The van der Waals surface area contributed by atoms with Crippen molar-refractivity contribution in [3.8, 4) is 0 Å². The highest BCUT2D eigenvalue weighted by molar-refractivity contribution is 5.46. The van der Waals surface area contributed by atoms with E-state index in [2.05, 4.69) is 22.8 Å². The Bertz CT molecular complexity index is 585. The number of unbranched alkanes of at least 4 members (excludes halogenated alkanes) is 2. The molecule has 1 atom stereocenters. The molecule has 27 heavy (non-hydrogen) atoms. The number of hydrogen-bond donors (Lipinski definition) is 2. The van der Waals surface area contributed by atoms with Crippen LogP contribution in [0.4, 0.5) is 19.0 Å². The molecule has 152 valence electrons. The minimum absolute atomic E-state index is 0.119. The molecular weight excluding hydrogens is 353 g/mol. The standard InChI is InChI=1S/C20H31F3N4/c21-20(22,23)10-14-27(18-9-12-24-15-18)13-3-1-2-6-17-8-7-16-5-4-11-25-19(16)26-17/h7-8,18,24H,1-6,9-15H2,(H,25,26)/t18-/m1/s1. The van der Waals surface area contributed by atoms with Crippen LogP contribution in [0.1, 0.15) is 49.8 Å². The number of fused-ring (bicyclic) bond motifs is 1. The zero-order valence-electron chi connectivity index (χ0n) is 16.0. The molecule has 0 bridgehead atoms. The molecule has 1 aromatic rings. The first-order valence-electron chi connectivity index (χ1n) is 10.3. The lowest BCUT2D eigenvalue weighted by Crippen LogP contribution is -2.39. The second-order valence-electron chi connectivity index (χ2n) is 7.70. The Kier molecular flexibility index (Phi) is 7.35. The number of anilines is 1. The second-order valence-corrected chi connectivity index (χ2v) is 7.70. The van der Waals surface area contributed by atoms with E-state index in [-0.39, 0.29) is 12.6 Å². The van der Waals surface area contributed by atoms with Crippen molar-refractivity contribution in [2.45, 2.75) is 63.6 Å². The monoisotopic (exact) mass is 384 g/mol. The Morgan fingerprint density at radius 3 is 2.78 bits per heavy atom. The van der Waals surface area contributed by atoms with Crippen molar-refractivity contribution in [3.63, 3.8) is 0 Å². The summed E-state index contributed by atoms with van der Waals surface area (Å²) in [5.74, 6) is 1.03. The SMILES string of the molecule is FC(F)(F)CCN(CCCCCc1ccc2c(n1)NCCC2)[C@@H]1CCNC1. The maximum Gasteiger partial charge on any atom is 0.390 e. The van der Waals surface area contributed by atoms with Gasteiger partial charge < -0.3 is 10.6 Å². The maximum absolute atomic E-state index is 12.6. The van der Waals surface area contributed by atoms with Crippen LogP contribution in [0.25, 0.3) is 0 Å². The van der Waals surface area contributed by atoms with Crippen molar-refractivity contribution < 1.29 is 13.2 Å². The highest BCUT2D eigenvalue weighted by Gasteiger charge is 2.30. The molecule has 3 heterocycles. The van der Waals surface area contributed by atoms with E-state index in [1.807, 2.05) is 4.90 Å². The molecular formula is C20H31F3N4. The largest absolute Gasteiger partial charge is 0.390 e. The van der Waals surface area contributed by atoms with Crippen LogP contribution in [0.15, 0.2) is 12.1 Å². The van der Waals surface area contributed by atoms with Crippen LogP contribution in [-0.4, -0.2) is 54.8 Å². The molecule has 0 unspecified atom stereocenters. The first kappa shape index (κ1) is 20.4. The molecule has 4 nitrogen and oxygen atoms in total. The summed E-state index contributed by atoms with van der Waals surface area (Å²) in [6.07, 6.45) is 2.35. The third-order valence-electron chi connectivity index (χ3n) is 5.56. The molecule has 3 rings (SSSR count). The van der Waals surface area contributed by atoms with E-state index < -0.39 is 12.6 Å². The van der Waals surface area contributed by atoms with Gasteiger partial charge in [0.15, 0.2) is 0 Å². The van der Waals surface area contributed by atoms with Gasteiger partial charge >= 0.3 is 6.18 Å². The van der Waals surface area contributed by atoms with Crippen LogP contribution in [0.2, 0.25) is 0 Å². The smallest absolute Gasteiger partial charge is 0.370 e. The van der Waals surface area contributed by atoms with E-state index in [0.717, 1.165) is 82.6 Å². The van der Waals surface area contributed by atoms with Gasteiger partial charge in [-0.25, -0.2) is 4.98 Å². The summed E-state index contributed by atoms with van der Waals surface area (Å²) in [5, 5.41) is 6.62. The maximum atomic E-state index is 12.6. The zero-order chi connectivity index (χ0) is 19.1. The predicted octanol–water partition coefficient (Wildman–Crippen LogP) is 3.77. The van der Waals surface area contributed by atoms with Gasteiger partial charge in [0.2, 0.25) is 0 Å². The number of nitrogens with one attached hydrogen (secondary N) is 2. The van der Waals surface area contributed by atoms with Crippen molar-refractivity contribution in [2.75, 3.05) is 38.0 Å². The highest BCUT2D eigenvalue weighted by atomic mass is 19.4. The van der Waals surface area contributed by atoms with Gasteiger partial charge in [0.25, 0.3) is 0 Å². The molecule has 7 heteroatoms. The van der Waals surface area contributed by atoms with E-state index in [4.69, 9.17) is 4.98 Å². The van der Waals surface area contributed by atoms with E-state index >= 15 is 0 Å². The molecule has 2 N–H and O–H groups in total. The molecule has 1 fully saturated rings. The fraction of sp³-hybridized carbons (Fsp3) is 0.750. The third kappa shape index (κ3) is 6.64. The number of alkyl halides is 3. The zero-order valence-corrected chi connectivity index (χ0v) is 16.0. The average molecular weight is 384 g/mol. The minimum atomic E-state index is -4.07.